The van der Waals surface area contributed by atoms with Crippen LogP contribution in [0.5, 0.6) is 0 Å². The highest BCUT2D eigenvalue weighted by molar-refractivity contribution is 7.59. The van der Waals surface area contributed by atoms with Crippen molar-refractivity contribution in [2.75, 3.05) is 65.8 Å². The molecule has 0 aromatic heterocycles. The quantitative estimate of drug-likeness (QED) is 0.425. The lowest BCUT2D eigenvalue weighted by atomic mass is 10.2. The van der Waals surface area contributed by atoms with Crippen LogP contribution in [0.15, 0.2) is 48.5 Å². The fourth-order valence-corrected chi connectivity index (χ4v) is 3.86. The van der Waals surface area contributed by atoms with Gasteiger partial charge in [0, 0.05) is 48.7 Å². The van der Waals surface area contributed by atoms with Crippen LogP contribution in [0.1, 0.15) is 33.6 Å². The highest BCUT2D eigenvalue weighted by Gasteiger charge is 2.27. The standard InChI is InChI=1S/C13H19N3O.C7H7NO2.C6H14N2.2H2S/c1-15(2)12-7-8-16(9-12)13(17)10-3-5-11(14)6-4-10;8-6-3-1-5(2-4-6)7(9)10;1-8(2)6-3-4-7-5-6;;/h3-6,12H,7-9,14H2,1-2H3;1-4H,8H2,(H,9,10);6-7H,3-5H2,1-2H3;2*1H2/t12-;;6-;;/m0.0../s1. The first kappa shape index (κ1) is 34.6. The maximum absolute atomic E-state index is 12.2. The van der Waals surface area contributed by atoms with E-state index in [1.54, 1.807) is 36.4 Å². The van der Waals surface area contributed by atoms with Crippen LogP contribution in [0.25, 0.3) is 0 Å². The number of rotatable bonds is 4. The second-order valence-corrected chi connectivity index (χ2v) is 9.32. The number of carbonyl (C=O) groups is 2. The summed E-state index contributed by atoms with van der Waals surface area (Å²) in [6, 6.07) is 14.4. The lowest BCUT2D eigenvalue weighted by Crippen LogP contribution is -2.34. The van der Waals surface area contributed by atoms with E-state index in [1.807, 2.05) is 4.90 Å². The van der Waals surface area contributed by atoms with Crippen molar-refractivity contribution in [3.8, 4) is 0 Å². The molecule has 11 heteroatoms. The topological polar surface area (TPSA) is 128 Å². The van der Waals surface area contributed by atoms with Crippen molar-refractivity contribution in [1.29, 1.82) is 0 Å². The molecule has 4 rings (SSSR count). The van der Waals surface area contributed by atoms with E-state index >= 15 is 0 Å². The maximum atomic E-state index is 12.2. The predicted octanol–water partition coefficient (Wildman–Crippen LogP) is 2.15. The number of likely N-dealkylation sites (N-methyl/N-ethyl adjacent to an activating group) is 2. The number of benzene rings is 2. The summed E-state index contributed by atoms with van der Waals surface area (Å²) in [4.78, 5) is 28.8. The molecule has 2 aromatic rings. The molecular weight excluding hydrogens is 508 g/mol. The van der Waals surface area contributed by atoms with Crippen LogP contribution in [-0.4, -0.2) is 98.1 Å². The van der Waals surface area contributed by atoms with Gasteiger partial charge in [0.2, 0.25) is 0 Å². The Morgan fingerprint density at radius 1 is 0.838 bits per heavy atom. The van der Waals surface area contributed by atoms with Crippen LogP contribution in [0.4, 0.5) is 11.4 Å². The molecule has 6 N–H and O–H groups in total. The third-order valence-electron chi connectivity index (χ3n) is 6.26. The molecule has 0 aliphatic carbocycles. The number of nitrogen functional groups attached to an aromatic ring is 2. The number of carboxylic acid groups (broad SMARTS) is 1. The average Bonchev–Trinajstić information content (AvgIpc) is 3.53. The molecule has 2 heterocycles. The molecule has 2 fully saturated rings. The van der Waals surface area contributed by atoms with Gasteiger partial charge in [-0.15, -0.1) is 0 Å². The van der Waals surface area contributed by atoms with E-state index in [0.29, 0.717) is 17.4 Å². The molecular formula is C26H44N6O3S2. The molecule has 2 aromatic carbocycles. The lowest BCUT2D eigenvalue weighted by Gasteiger charge is -2.20. The van der Waals surface area contributed by atoms with Gasteiger partial charge in [-0.05, 0) is 96.1 Å². The van der Waals surface area contributed by atoms with Gasteiger partial charge in [0.1, 0.15) is 0 Å². The van der Waals surface area contributed by atoms with Crippen molar-refractivity contribution in [3.05, 3.63) is 59.7 Å². The molecule has 0 spiro atoms. The molecule has 2 atom stereocenters. The van der Waals surface area contributed by atoms with Gasteiger partial charge in [-0.3, -0.25) is 4.79 Å². The first-order chi connectivity index (χ1) is 16.6. The van der Waals surface area contributed by atoms with E-state index in [4.69, 9.17) is 16.6 Å². The summed E-state index contributed by atoms with van der Waals surface area (Å²) in [5, 5.41) is 11.7. The van der Waals surface area contributed by atoms with Gasteiger partial charge in [-0.1, -0.05) is 0 Å². The summed E-state index contributed by atoms with van der Waals surface area (Å²) in [6.07, 6.45) is 2.36. The van der Waals surface area contributed by atoms with Crippen molar-refractivity contribution in [3.63, 3.8) is 0 Å². The van der Waals surface area contributed by atoms with Crippen LogP contribution in [0.2, 0.25) is 0 Å². The van der Waals surface area contributed by atoms with Crippen LogP contribution in [-0.2, 0) is 0 Å². The molecule has 9 nitrogen and oxygen atoms in total. The van der Waals surface area contributed by atoms with E-state index in [2.05, 4.69) is 43.3 Å². The van der Waals surface area contributed by atoms with E-state index in [1.165, 1.54) is 31.6 Å². The summed E-state index contributed by atoms with van der Waals surface area (Å²) in [6.45, 7) is 4.03. The SMILES string of the molecule is CN(C)[C@H]1CCN(C(=O)c2ccc(N)cc2)C1.CN(C)[C@H]1CCNC1.Nc1ccc(C(=O)O)cc1.S.S. The Hall–Kier alpha value is -2.44. The van der Waals surface area contributed by atoms with Gasteiger partial charge >= 0.3 is 5.97 Å². The second-order valence-electron chi connectivity index (χ2n) is 9.32. The number of aromatic carboxylic acids is 1. The molecule has 2 aliphatic rings. The van der Waals surface area contributed by atoms with Gasteiger partial charge in [-0.2, -0.15) is 27.0 Å². The molecule has 0 bridgehead atoms. The Morgan fingerprint density at radius 3 is 1.68 bits per heavy atom. The Bertz CT molecular complexity index is 936. The average molecular weight is 553 g/mol. The van der Waals surface area contributed by atoms with Gasteiger partial charge in [-0.25, -0.2) is 4.79 Å². The molecule has 2 saturated heterocycles. The highest BCUT2D eigenvalue weighted by Crippen LogP contribution is 2.17. The number of nitrogens with zero attached hydrogens (tertiary/aromatic N) is 3. The fourth-order valence-electron chi connectivity index (χ4n) is 3.86. The minimum atomic E-state index is -0.931. The van der Waals surface area contributed by atoms with Crippen molar-refractivity contribution in [2.24, 2.45) is 0 Å². The van der Waals surface area contributed by atoms with Gasteiger partial charge in [0.15, 0.2) is 0 Å². The summed E-state index contributed by atoms with van der Waals surface area (Å²) in [5.41, 5.74) is 13.2. The minimum absolute atomic E-state index is 0. The van der Waals surface area contributed by atoms with E-state index < -0.39 is 5.97 Å². The normalized spacial score (nSPS) is 18.1. The van der Waals surface area contributed by atoms with Crippen molar-refractivity contribution in [2.45, 2.75) is 24.9 Å². The van der Waals surface area contributed by atoms with Crippen LogP contribution < -0.4 is 16.8 Å². The third-order valence-corrected chi connectivity index (χ3v) is 6.26. The number of anilines is 2. The Morgan fingerprint density at radius 2 is 1.32 bits per heavy atom. The van der Waals surface area contributed by atoms with Gasteiger partial charge in [0.05, 0.1) is 5.56 Å². The minimum Gasteiger partial charge on any atom is -0.478 e. The number of nitrogens with one attached hydrogen (secondary N) is 1. The van der Waals surface area contributed by atoms with Crippen LogP contribution in [0.3, 0.4) is 0 Å². The smallest absolute Gasteiger partial charge is 0.335 e. The highest BCUT2D eigenvalue weighted by atomic mass is 32.1. The summed E-state index contributed by atoms with van der Waals surface area (Å²) in [5.74, 6) is -0.825. The summed E-state index contributed by atoms with van der Waals surface area (Å²) in [7, 11) is 8.39. The monoisotopic (exact) mass is 552 g/mol. The Labute approximate surface area is 235 Å². The number of nitrogens with two attached hydrogens (primary N) is 2. The summed E-state index contributed by atoms with van der Waals surface area (Å²) >= 11 is 0. The molecule has 37 heavy (non-hydrogen) atoms. The van der Waals surface area contributed by atoms with E-state index in [0.717, 1.165) is 31.1 Å². The number of hydrogen-bond acceptors (Lipinski definition) is 7. The first-order valence-corrected chi connectivity index (χ1v) is 11.9. The fraction of sp³-hybridized carbons (Fsp3) is 0.462. The largest absolute Gasteiger partial charge is 0.478 e. The molecule has 0 unspecified atom stereocenters. The van der Waals surface area contributed by atoms with Crippen LogP contribution >= 0.6 is 27.0 Å². The molecule has 0 saturated carbocycles. The zero-order chi connectivity index (χ0) is 26.0. The third kappa shape index (κ3) is 11.7. The zero-order valence-electron chi connectivity index (χ0n) is 22.3. The Balaban J connectivity index is 0.000000557. The van der Waals surface area contributed by atoms with E-state index in [9.17, 15) is 9.59 Å². The van der Waals surface area contributed by atoms with Crippen molar-refractivity contribution < 1.29 is 14.7 Å². The van der Waals surface area contributed by atoms with Crippen molar-refractivity contribution in [1.82, 2.24) is 20.0 Å². The van der Waals surface area contributed by atoms with E-state index in [-0.39, 0.29) is 38.5 Å². The predicted molar refractivity (Wildman–Crippen MR) is 162 cm³/mol. The van der Waals surface area contributed by atoms with Gasteiger partial charge in [0.25, 0.3) is 5.91 Å². The molecule has 2 aliphatic heterocycles. The maximum Gasteiger partial charge on any atom is 0.335 e. The number of carbonyl (C=O) groups excluding carboxylic acids is 1. The molecule has 1 amide bonds. The molecule has 0 radical (unpaired) electrons. The number of amides is 1. The molecule has 208 valence electrons. The lowest BCUT2D eigenvalue weighted by molar-refractivity contribution is 0.0696. The van der Waals surface area contributed by atoms with Gasteiger partial charge < -0.3 is 36.6 Å². The first-order valence-electron chi connectivity index (χ1n) is 11.9. The van der Waals surface area contributed by atoms with Crippen molar-refractivity contribution >= 4 is 50.2 Å². The second kappa shape index (κ2) is 17.1. The summed E-state index contributed by atoms with van der Waals surface area (Å²) < 4.78 is 0. The van der Waals surface area contributed by atoms with Crippen LogP contribution in [0, 0.1) is 0 Å². The zero-order valence-corrected chi connectivity index (χ0v) is 24.3. The number of carboxylic acids is 1. The number of likely N-dealkylation sites (tertiary alicyclic amines) is 1. The number of hydrogen-bond donors (Lipinski definition) is 4. The Kier molecular flexibility index (Phi) is 16.0.